The molecule has 44 valence electrons. The first kappa shape index (κ1) is 7.81. The molecule has 0 saturated heterocycles. The Hall–Kier alpha value is -0.190. The van der Waals surface area contributed by atoms with Crippen LogP contribution in [0.2, 0.25) is 0 Å². The summed E-state index contributed by atoms with van der Waals surface area (Å²) < 4.78 is 3.62. The lowest BCUT2D eigenvalue weighted by atomic mass is 10.6. The van der Waals surface area contributed by atoms with Crippen LogP contribution in [0.3, 0.4) is 0 Å². The SMILES string of the molecule is C/C=C/C=N\C=N/I. The number of hydrogen-bond acceptors (Lipinski definition) is 1. The smallest absolute Gasteiger partial charge is 0.121 e. The zero-order valence-electron chi connectivity index (χ0n) is 4.58. The van der Waals surface area contributed by atoms with Gasteiger partial charge < -0.3 is 0 Å². The van der Waals surface area contributed by atoms with Crippen LogP contribution >= 0.6 is 22.9 Å². The number of aliphatic imine (C=N–C) groups is 1. The van der Waals surface area contributed by atoms with E-state index in [2.05, 4.69) is 8.20 Å². The second-order valence-corrected chi connectivity index (χ2v) is 1.59. The number of hydrogen-bond donors (Lipinski definition) is 0. The van der Waals surface area contributed by atoms with E-state index in [1.165, 1.54) is 6.34 Å². The zero-order chi connectivity index (χ0) is 6.24. The summed E-state index contributed by atoms with van der Waals surface area (Å²) in [4.78, 5) is 3.77. The predicted molar refractivity (Wildman–Crippen MR) is 45.8 cm³/mol. The second-order valence-electron chi connectivity index (χ2n) is 1.04. The molecule has 0 fully saturated rings. The fourth-order valence-corrected chi connectivity index (χ4v) is 0.343. The number of allylic oxidation sites excluding steroid dienone is 2. The number of halogens is 1. The first-order valence-corrected chi connectivity index (χ1v) is 3.15. The van der Waals surface area contributed by atoms with Crippen molar-refractivity contribution in [2.75, 3.05) is 0 Å². The van der Waals surface area contributed by atoms with Crippen molar-refractivity contribution in [3.63, 3.8) is 0 Å². The van der Waals surface area contributed by atoms with Crippen molar-refractivity contribution < 1.29 is 0 Å². The Labute approximate surface area is 62.9 Å². The summed E-state index contributed by atoms with van der Waals surface area (Å²) in [7, 11) is 0. The molecular formula is C5H7IN2. The third-order valence-electron chi connectivity index (χ3n) is 0.475. The molecule has 0 aliphatic rings. The maximum absolute atomic E-state index is 3.77. The van der Waals surface area contributed by atoms with Crippen LogP contribution in [0.4, 0.5) is 0 Å². The molecule has 0 heterocycles. The molecule has 0 unspecified atom stereocenters. The van der Waals surface area contributed by atoms with Gasteiger partial charge >= 0.3 is 0 Å². The molecule has 0 rings (SSSR count). The van der Waals surface area contributed by atoms with Crippen LogP contribution < -0.4 is 0 Å². The van der Waals surface area contributed by atoms with Gasteiger partial charge in [-0.1, -0.05) is 6.08 Å². The lowest BCUT2D eigenvalue weighted by Gasteiger charge is -1.67. The van der Waals surface area contributed by atoms with E-state index in [1.807, 2.05) is 41.9 Å². The van der Waals surface area contributed by atoms with Crippen molar-refractivity contribution in [3.8, 4) is 0 Å². The van der Waals surface area contributed by atoms with Crippen LogP contribution in [0.15, 0.2) is 20.4 Å². The van der Waals surface area contributed by atoms with Gasteiger partial charge in [0.2, 0.25) is 0 Å². The third-order valence-corrected chi connectivity index (χ3v) is 0.724. The molecule has 2 nitrogen and oxygen atoms in total. The molecule has 0 aliphatic carbocycles. The van der Waals surface area contributed by atoms with Crippen molar-refractivity contribution in [2.45, 2.75) is 6.92 Å². The molecule has 0 amide bonds. The average Bonchev–Trinajstić information content (AvgIpc) is 1.81. The summed E-state index contributed by atoms with van der Waals surface area (Å²) in [5, 5.41) is 0. The van der Waals surface area contributed by atoms with E-state index in [1.54, 1.807) is 6.21 Å². The standard InChI is InChI=1S/C5H7IN2/c1-2-3-4-7-5-8-6/h2-5H,1H3/b3-2+,7-4-,8-5-. The molecule has 0 saturated carbocycles. The van der Waals surface area contributed by atoms with Gasteiger partial charge in [-0.2, -0.15) is 0 Å². The molecule has 0 bridgehead atoms. The van der Waals surface area contributed by atoms with E-state index in [4.69, 9.17) is 0 Å². The van der Waals surface area contributed by atoms with Gasteiger partial charge in [-0.3, -0.25) is 0 Å². The van der Waals surface area contributed by atoms with Crippen LogP contribution in [0, 0.1) is 0 Å². The molecule has 0 aromatic rings. The van der Waals surface area contributed by atoms with Gasteiger partial charge in [0.25, 0.3) is 0 Å². The van der Waals surface area contributed by atoms with Crippen molar-refractivity contribution in [1.82, 2.24) is 0 Å². The van der Waals surface area contributed by atoms with Crippen molar-refractivity contribution in [1.29, 1.82) is 0 Å². The molecule has 3 heteroatoms. The monoisotopic (exact) mass is 222 g/mol. The van der Waals surface area contributed by atoms with E-state index in [0.717, 1.165) is 0 Å². The van der Waals surface area contributed by atoms with E-state index in [-0.39, 0.29) is 0 Å². The van der Waals surface area contributed by atoms with E-state index < -0.39 is 0 Å². The van der Waals surface area contributed by atoms with E-state index >= 15 is 0 Å². The lowest BCUT2D eigenvalue weighted by molar-refractivity contribution is 1.74. The van der Waals surface area contributed by atoms with Gasteiger partial charge in [-0.05, 0) is 13.0 Å². The topological polar surface area (TPSA) is 24.7 Å². The van der Waals surface area contributed by atoms with Crippen LogP contribution in [0.5, 0.6) is 0 Å². The fourth-order valence-electron chi connectivity index (χ4n) is 0.199. The van der Waals surface area contributed by atoms with E-state index in [0.29, 0.717) is 0 Å². The number of nitrogens with zero attached hydrogens (tertiary/aromatic N) is 2. The van der Waals surface area contributed by atoms with Crippen LogP contribution in [0.25, 0.3) is 0 Å². The van der Waals surface area contributed by atoms with Crippen molar-refractivity contribution in [2.24, 2.45) is 8.20 Å². The minimum Gasteiger partial charge on any atom is -0.244 e. The minimum atomic E-state index is 1.49. The predicted octanol–water partition coefficient (Wildman–Crippen LogP) is 2.01. The minimum absolute atomic E-state index is 1.49. The fraction of sp³-hybridized carbons (Fsp3) is 0.200. The van der Waals surface area contributed by atoms with Crippen molar-refractivity contribution in [3.05, 3.63) is 12.2 Å². The van der Waals surface area contributed by atoms with Crippen LogP contribution in [0.1, 0.15) is 6.92 Å². The van der Waals surface area contributed by atoms with Gasteiger partial charge in [0, 0.05) is 6.21 Å². The Kier molecular flexibility index (Phi) is 6.65. The Balaban J connectivity index is 3.35. The Morgan fingerprint density at radius 2 is 2.25 bits per heavy atom. The Bertz CT molecular complexity index is 102. The number of rotatable bonds is 2. The highest BCUT2D eigenvalue weighted by Crippen LogP contribution is 1.76. The molecule has 0 spiro atoms. The summed E-state index contributed by atoms with van der Waals surface area (Å²) >= 11 is 1.87. The average molecular weight is 222 g/mol. The Morgan fingerprint density at radius 1 is 1.50 bits per heavy atom. The normalized spacial score (nSPS) is 12.8. The maximum atomic E-state index is 3.77. The van der Waals surface area contributed by atoms with Gasteiger partial charge in [-0.15, -0.1) is 0 Å². The zero-order valence-corrected chi connectivity index (χ0v) is 6.74. The highest BCUT2D eigenvalue weighted by atomic mass is 127. The molecule has 0 aromatic carbocycles. The Morgan fingerprint density at radius 3 is 2.75 bits per heavy atom. The van der Waals surface area contributed by atoms with Crippen LogP contribution in [-0.4, -0.2) is 12.6 Å². The van der Waals surface area contributed by atoms with Crippen molar-refractivity contribution >= 4 is 35.4 Å². The van der Waals surface area contributed by atoms with Gasteiger partial charge in [0.1, 0.15) is 6.34 Å². The molecule has 0 aliphatic heterocycles. The highest BCUT2D eigenvalue weighted by Gasteiger charge is 1.56. The van der Waals surface area contributed by atoms with Gasteiger partial charge in [-0.25, -0.2) is 8.20 Å². The summed E-state index contributed by atoms with van der Waals surface area (Å²) in [6, 6.07) is 0. The lowest BCUT2D eigenvalue weighted by Crippen LogP contribution is -1.63. The molecule has 8 heavy (non-hydrogen) atoms. The molecular weight excluding hydrogens is 215 g/mol. The summed E-state index contributed by atoms with van der Waals surface area (Å²) in [5.41, 5.74) is 0. The largest absolute Gasteiger partial charge is 0.244 e. The molecule has 0 atom stereocenters. The summed E-state index contributed by atoms with van der Waals surface area (Å²) in [5.74, 6) is 0. The second kappa shape index (κ2) is 6.81. The third kappa shape index (κ3) is 5.81. The summed E-state index contributed by atoms with van der Waals surface area (Å²) in [6.07, 6.45) is 6.92. The van der Waals surface area contributed by atoms with Crippen LogP contribution in [-0.2, 0) is 0 Å². The maximum Gasteiger partial charge on any atom is 0.121 e. The first-order valence-electron chi connectivity index (χ1n) is 2.19. The van der Waals surface area contributed by atoms with E-state index in [9.17, 15) is 0 Å². The molecule has 0 radical (unpaired) electrons. The molecule has 0 N–H and O–H groups in total. The van der Waals surface area contributed by atoms with Gasteiger partial charge in [0.05, 0.1) is 22.9 Å². The quantitative estimate of drug-likeness (QED) is 0.388. The summed E-state index contributed by atoms with van der Waals surface area (Å²) in [6.45, 7) is 1.94. The molecule has 0 aromatic heterocycles. The van der Waals surface area contributed by atoms with Gasteiger partial charge in [0.15, 0.2) is 0 Å². The highest BCUT2D eigenvalue weighted by molar-refractivity contribution is 14.1. The first-order chi connectivity index (χ1) is 3.91.